The smallest absolute Gasteiger partial charge is 0.392 e. The van der Waals surface area contributed by atoms with E-state index in [0.717, 1.165) is 6.07 Å². The Bertz CT molecular complexity index is 631. The van der Waals surface area contributed by atoms with Crippen LogP contribution in [0.25, 0.3) is 16.7 Å². The number of H-pyrrole nitrogens is 1. The molecule has 1 aromatic heterocycles. The van der Waals surface area contributed by atoms with Gasteiger partial charge in [-0.1, -0.05) is 6.58 Å². The van der Waals surface area contributed by atoms with Crippen molar-refractivity contribution in [3.8, 4) is 0 Å². The summed E-state index contributed by atoms with van der Waals surface area (Å²) in [5, 5.41) is 11.7. The summed E-state index contributed by atoms with van der Waals surface area (Å²) in [6, 6.07) is 2.33. The van der Waals surface area contributed by atoms with Gasteiger partial charge in [-0.05, 0) is 17.7 Å². The molecule has 3 N–H and O–H groups in total. The van der Waals surface area contributed by atoms with Crippen molar-refractivity contribution < 1.29 is 18.3 Å². The van der Waals surface area contributed by atoms with Crippen LogP contribution < -0.4 is 5.32 Å². The molecule has 0 bridgehead atoms. The van der Waals surface area contributed by atoms with Gasteiger partial charge in [0.15, 0.2) is 5.82 Å². The first kappa shape index (κ1) is 13.4. The maximum absolute atomic E-state index is 13.0. The lowest BCUT2D eigenvalue weighted by atomic mass is 10.1. The minimum atomic E-state index is -4.53. The average molecular weight is 271 g/mol. The van der Waals surface area contributed by atoms with Crippen molar-refractivity contribution in [3.05, 3.63) is 35.7 Å². The molecular weight excluding hydrogens is 259 g/mol. The Kier molecular flexibility index (Phi) is 3.23. The van der Waals surface area contributed by atoms with Crippen LogP contribution in [0.4, 0.5) is 13.2 Å². The lowest BCUT2D eigenvalue weighted by molar-refractivity contribution is -0.136. The van der Waals surface area contributed by atoms with Crippen molar-refractivity contribution in [2.45, 2.75) is 12.8 Å². The number of rotatable bonds is 3. The van der Waals surface area contributed by atoms with E-state index in [1.165, 1.54) is 6.07 Å². The molecule has 0 spiro atoms. The van der Waals surface area contributed by atoms with Crippen LogP contribution in [0.5, 0.6) is 0 Å². The second-order valence-electron chi connectivity index (χ2n) is 4.01. The third-order valence-electron chi connectivity index (χ3n) is 2.72. The number of nitrogens with one attached hydrogen (secondary N) is 2. The van der Waals surface area contributed by atoms with Crippen molar-refractivity contribution in [1.82, 2.24) is 15.3 Å². The number of nitrogens with zero attached hydrogens (tertiary/aromatic N) is 1. The van der Waals surface area contributed by atoms with Crippen LogP contribution in [0.3, 0.4) is 0 Å². The molecule has 0 atom stereocenters. The third kappa shape index (κ3) is 2.41. The molecule has 4 nitrogen and oxygen atoms in total. The molecule has 0 amide bonds. The predicted molar refractivity (Wildman–Crippen MR) is 65.1 cm³/mol. The molecule has 7 heteroatoms. The summed E-state index contributed by atoms with van der Waals surface area (Å²) in [6.07, 6.45) is -4.53. The minimum Gasteiger partial charge on any atom is -0.392 e. The van der Waals surface area contributed by atoms with Crippen LogP contribution in [-0.4, -0.2) is 22.1 Å². The molecule has 0 aliphatic heterocycles. The summed E-state index contributed by atoms with van der Waals surface area (Å²) in [7, 11) is 1.60. The number of imidazole rings is 1. The number of halogens is 3. The summed E-state index contributed by atoms with van der Waals surface area (Å²) in [6.45, 7) is 3.17. The number of aliphatic hydroxyl groups excluding tert-OH is 1. The van der Waals surface area contributed by atoms with E-state index in [9.17, 15) is 13.2 Å². The molecule has 0 fully saturated rings. The monoisotopic (exact) mass is 271 g/mol. The lowest BCUT2D eigenvalue weighted by Gasteiger charge is -2.08. The molecule has 0 radical (unpaired) electrons. The fourth-order valence-electron chi connectivity index (χ4n) is 1.75. The molecule has 1 aromatic carbocycles. The van der Waals surface area contributed by atoms with E-state index in [2.05, 4.69) is 21.9 Å². The first-order valence-electron chi connectivity index (χ1n) is 5.44. The Morgan fingerprint density at radius 1 is 1.47 bits per heavy atom. The van der Waals surface area contributed by atoms with Gasteiger partial charge >= 0.3 is 6.18 Å². The lowest BCUT2D eigenvalue weighted by Crippen LogP contribution is -2.07. The Morgan fingerprint density at radius 2 is 2.16 bits per heavy atom. The average Bonchev–Trinajstić information content (AvgIpc) is 2.78. The first-order chi connectivity index (χ1) is 8.86. The summed E-state index contributed by atoms with van der Waals surface area (Å²) in [5.74, 6) is 0.234. The van der Waals surface area contributed by atoms with Gasteiger partial charge in [-0.3, -0.25) is 0 Å². The van der Waals surface area contributed by atoms with E-state index in [-0.39, 0.29) is 22.4 Å². The van der Waals surface area contributed by atoms with Crippen LogP contribution >= 0.6 is 0 Å². The first-order valence-corrected chi connectivity index (χ1v) is 5.44. The van der Waals surface area contributed by atoms with Gasteiger partial charge < -0.3 is 15.4 Å². The highest BCUT2D eigenvalue weighted by Crippen LogP contribution is 2.35. The molecular formula is C12H12F3N3O. The number of aromatic nitrogens is 2. The second-order valence-corrected chi connectivity index (χ2v) is 4.01. The summed E-state index contributed by atoms with van der Waals surface area (Å²) >= 11 is 0. The van der Waals surface area contributed by atoms with Gasteiger partial charge in [0, 0.05) is 7.05 Å². The zero-order chi connectivity index (χ0) is 14.2. The standard InChI is InChI=1S/C12H12F3N3O/c1-6(16-2)11-17-9-4-7(5-19)3-8(10(9)18-11)12(13,14)15/h3-4,16,19H,1,5H2,2H3,(H,17,18). The number of hydrogen-bond donors (Lipinski definition) is 3. The van der Waals surface area contributed by atoms with Gasteiger partial charge in [-0.2, -0.15) is 13.2 Å². The topological polar surface area (TPSA) is 60.9 Å². The van der Waals surface area contributed by atoms with Gasteiger partial charge in [-0.25, -0.2) is 4.98 Å². The number of aromatic amines is 1. The molecule has 2 rings (SSSR count). The minimum absolute atomic E-state index is 0.171. The van der Waals surface area contributed by atoms with Gasteiger partial charge in [0.1, 0.15) is 5.52 Å². The van der Waals surface area contributed by atoms with Crippen molar-refractivity contribution >= 4 is 16.7 Å². The Hall–Kier alpha value is -2.02. The largest absolute Gasteiger partial charge is 0.418 e. The fraction of sp³-hybridized carbons (Fsp3) is 0.250. The molecule has 0 aliphatic rings. The second kappa shape index (κ2) is 4.58. The van der Waals surface area contributed by atoms with E-state index < -0.39 is 18.3 Å². The van der Waals surface area contributed by atoms with E-state index in [4.69, 9.17) is 5.11 Å². The molecule has 0 aliphatic carbocycles. The van der Waals surface area contributed by atoms with Crippen molar-refractivity contribution in [2.24, 2.45) is 0 Å². The van der Waals surface area contributed by atoms with E-state index in [0.29, 0.717) is 5.70 Å². The fourth-order valence-corrected chi connectivity index (χ4v) is 1.75. The summed E-state index contributed by atoms with van der Waals surface area (Å²) in [4.78, 5) is 6.66. The summed E-state index contributed by atoms with van der Waals surface area (Å²) < 4.78 is 38.9. The zero-order valence-electron chi connectivity index (χ0n) is 10.1. The molecule has 2 aromatic rings. The molecule has 0 saturated carbocycles. The molecule has 102 valence electrons. The maximum Gasteiger partial charge on any atom is 0.418 e. The highest BCUT2D eigenvalue weighted by molar-refractivity contribution is 5.82. The van der Waals surface area contributed by atoms with Crippen LogP contribution in [0.1, 0.15) is 17.0 Å². The van der Waals surface area contributed by atoms with Gasteiger partial charge in [-0.15, -0.1) is 0 Å². The number of hydrogen-bond acceptors (Lipinski definition) is 3. The zero-order valence-corrected chi connectivity index (χ0v) is 10.1. The van der Waals surface area contributed by atoms with E-state index >= 15 is 0 Å². The predicted octanol–water partition coefficient (Wildman–Crippen LogP) is 2.26. The molecule has 19 heavy (non-hydrogen) atoms. The number of benzene rings is 1. The van der Waals surface area contributed by atoms with Crippen LogP contribution in [0.2, 0.25) is 0 Å². The van der Waals surface area contributed by atoms with Gasteiger partial charge in [0.05, 0.1) is 23.4 Å². The Morgan fingerprint density at radius 3 is 2.68 bits per heavy atom. The Balaban J connectivity index is 2.72. The van der Waals surface area contributed by atoms with Crippen LogP contribution in [-0.2, 0) is 12.8 Å². The van der Waals surface area contributed by atoms with Gasteiger partial charge in [0.2, 0.25) is 0 Å². The molecule has 0 unspecified atom stereocenters. The number of aliphatic hydroxyl groups is 1. The number of alkyl halides is 3. The maximum atomic E-state index is 13.0. The highest BCUT2D eigenvalue weighted by atomic mass is 19.4. The molecule has 1 heterocycles. The normalized spacial score (nSPS) is 11.8. The molecule has 0 saturated heterocycles. The highest BCUT2D eigenvalue weighted by Gasteiger charge is 2.34. The Labute approximate surface area is 107 Å². The van der Waals surface area contributed by atoms with E-state index in [1.807, 2.05) is 0 Å². The SMILES string of the molecule is C=C(NC)c1nc2c(C(F)(F)F)cc(CO)cc2[nH]1. The number of fused-ring (bicyclic) bond motifs is 1. The van der Waals surface area contributed by atoms with E-state index in [1.54, 1.807) is 7.05 Å². The summed E-state index contributed by atoms with van der Waals surface area (Å²) in [5.41, 5.74) is -0.290. The van der Waals surface area contributed by atoms with Crippen molar-refractivity contribution in [1.29, 1.82) is 0 Å². The quantitative estimate of drug-likeness (QED) is 0.802. The third-order valence-corrected chi connectivity index (χ3v) is 2.72. The van der Waals surface area contributed by atoms with Crippen molar-refractivity contribution in [2.75, 3.05) is 7.05 Å². The van der Waals surface area contributed by atoms with Crippen LogP contribution in [0, 0.1) is 0 Å². The van der Waals surface area contributed by atoms with Gasteiger partial charge in [0.25, 0.3) is 0 Å². The van der Waals surface area contributed by atoms with Crippen LogP contribution in [0.15, 0.2) is 18.7 Å². The van der Waals surface area contributed by atoms with Crippen molar-refractivity contribution in [3.63, 3.8) is 0 Å².